The fraction of sp³-hybridized carbons (Fsp3) is 0.348. The number of aromatic nitrogens is 2. The van der Waals surface area contributed by atoms with Crippen molar-refractivity contribution in [3.05, 3.63) is 48.0 Å². The highest BCUT2D eigenvalue weighted by Crippen LogP contribution is 2.38. The number of nitrogens with one attached hydrogen (secondary N) is 2. The van der Waals surface area contributed by atoms with Gasteiger partial charge >= 0.3 is 22.4 Å². The van der Waals surface area contributed by atoms with E-state index in [0.29, 0.717) is 22.7 Å². The first-order valence-electron chi connectivity index (χ1n) is 11.1. The number of likely N-dealkylation sites (tertiary alicyclic amines) is 1. The van der Waals surface area contributed by atoms with E-state index < -0.39 is 33.7 Å². The predicted octanol–water partition coefficient (Wildman–Crippen LogP) is 4.04. The van der Waals surface area contributed by atoms with E-state index in [9.17, 15) is 26.4 Å². The van der Waals surface area contributed by atoms with Crippen LogP contribution in [-0.2, 0) is 25.5 Å². The maximum absolute atomic E-state index is 13.4. The number of alkyl halides is 3. The number of fused-ring (bicyclic) bond motifs is 1. The molecular formula is C23H24F3N5O4S. The summed E-state index contributed by atoms with van der Waals surface area (Å²) < 4.78 is 70.8. The maximum atomic E-state index is 13.4. The molecule has 0 spiro atoms. The smallest absolute Gasteiger partial charge is 0.364 e. The Kier molecular flexibility index (Phi) is 7.05. The summed E-state index contributed by atoms with van der Waals surface area (Å²) in [7, 11) is -2.71. The van der Waals surface area contributed by atoms with Crippen LogP contribution in [0, 0.1) is 0 Å². The second kappa shape index (κ2) is 9.90. The van der Waals surface area contributed by atoms with E-state index in [1.54, 1.807) is 24.3 Å². The minimum absolute atomic E-state index is 0.0337. The van der Waals surface area contributed by atoms with Crippen LogP contribution in [0.25, 0.3) is 22.0 Å². The highest BCUT2D eigenvalue weighted by atomic mass is 32.2. The Morgan fingerprint density at radius 2 is 1.86 bits per heavy atom. The zero-order valence-corrected chi connectivity index (χ0v) is 20.3. The van der Waals surface area contributed by atoms with Gasteiger partial charge in [0.1, 0.15) is 5.69 Å². The van der Waals surface area contributed by atoms with Gasteiger partial charge < -0.3 is 14.4 Å². The summed E-state index contributed by atoms with van der Waals surface area (Å²) >= 11 is 0. The van der Waals surface area contributed by atoms with E-state index in [2.05, 4.69) is 24.6 Å². The highest BCUT2D eigenvalue weighted by Gasteiger charge is 2.32. The molecule has 3 aromatic rings. The molecule has 36 heavy (non-hydrogen) atoms. The van der Waals surface area contributed by atoms with Crippen molar-refractivity contribution in [3.63, 3.8) is 0 Å². The van der Waals surface area contributed by atoms with Gasteiger partial charge in [0.2, 0.25) is 0 Å². The van der Waals surface area contributed by atoms with Gasteiger partial charge in [-0.3, -0.25) is 9.52 Å². The Bertz CT molecular complexity index is 1400. The fourth-order valence-corrected chi connectivity index (χ4v) is 5.00. The molecule has 0 aliphatic carbocycles. The van der Waals surface area contributed by atoms with Gasteiger partial charge in [0.25, 0.3) is 0 Å². The van der Waals surface area contributed by atoms with E-state index in [0.717, 1.165) is 45.0 Å². The second-order valence-electron chi connectivity index (χ2n) is 8.58. The molecule has 0 unspecified atom stereocenters. The number of anilines is 2. The first-order valence-corrected chi connectivity index (χ1v) is 12.5. The van der Waals surface area contributed by atoms with Crippen molar-refractivity contribution in [1.82, 2.24) is 15.1 Å². The van der Waals surface area contributed by atoms with Crippen LogP contribution in [0.3, 0.4) is 0 Å². The number of hydrogen-bond acceptors (Lipinski definition) is 8. The minimum Gasteiger partial charge on any atom is -0.364 e. The average molecular weight is 524 g/mol. The van der Waals surface area contributed by atoms with Gasteiger partial charge in [-0.1, -0.05) is 24.3 Å². The average Bonchev–Trinajstić information content (AvgIpc) is 2.78. The van der Waals surface area contributed by atoms with Gasteiger partial charge in [-0.15, -0.1) is 10.2 Å². The molecule has 1 aliphatic heterocycles. The van der Waals surface area contributed by atoms with Crippen molar-refractivity contribution in [3.8, 4) is 11.3 Å². The fourth-order valence-electron chi connectivity index (χ4n) is 4.21. The van der Waals surface area contributed by atoms with Crippen LogP contribution in [0.2, 0.25) is 0 Å². The quantitative estimate of drug-likeness (QED) is 0.498. The number of benzene rings is 2. The molecule has 1 saturated heterocycles. The molecule has 1 fully saturated rings. The van der Waals surface area contributed by atoms with Gasteiger partial charge in [0, 0.05) is 35.8 Å². The number of likely N-dealkylation sites (N-methyl/N-ethyl adjacent to an activating group) is 1. The van der Waals surface area contributed by atoms with Crippen LogP contribution in [-0.4, -0.2) is 55.7 Å². The van der Waals surface area contributed by atoms with E-state index in [4.69, 9.17) is 0 Å². The van der Waals surface area contributed by atoms with Gasteiger partial charge in [-0.2, -0.15) is 21.6 Å². The minimum atomic E-state index is -4.74. The lowest BCUT2D eigenvalue weighted by atomic mass is 10.0. The Hall–Kier alpha value is -3.45. The van der Waals surface area contributed by atoms with Crippen molar-refractivity contribution in [2.24, 2.45) is 0 Å². The largest absolute Gasteiger partial charge is 0.416 e. The third-order valence-corrected chi connectivity index (χ3v) is 6.64. The Morgan fingerprint density at radius 3 is 2.53 bits per heavy atom. The van der Waals surface area contributed by atoms with Crippen LogP contribution >= 0.6 is 0 Å². The summed E-state index contributed by atoms with van der Waals surface area (Å²) in [6.45, 7) is 2.68. The second-order valence-corrected chi connectivity index (χ2v) is 9.86. The van der Waals surface area contributed by atoms with E-state index >= 15 is 0 Å². The summed E-state index contributed by atoms with van der Waals surface area (Å²) in [5.74, 6) is -0.631. The predicted molar refractivity (Wildman–Crippen MR) is 128 cm³/mol. The number of carbonyl (C=O) groups excluding carboxylic acids is 1. The van der Waals surface area contributed by atoms with Crippen molar-refractivity contribution in [2.45, 2.75) is 32.0 Å². The number of hydrogen-bond donors (Lipinski definition) is 2. The highest BCUT2D eigenvalue weighted by molar-refractivity contribution is 7.88. The van der Waals surface area contributed by atoms with Gasteiger partial charge in [0.15, 0.2) is 5.82 Å². The molecule has 1 aromatic heterocycles. The first kappa shape index (κ1) is 25.6. The van der Waals surface area contributed by atoms with Crippen molar-refractivity contribution in [1.29, 1.82) is 0 Å². The summed E-state index contributed by atoms with van der Waals surface area (Å²) in [5, 5.41) is 13.2. The summed E-state index contributed by atoms with van der Waals surface area (Å²) in [6, 6.07) is 9.74. The lowest BCUT2D eigenvalue weighted by molar-refractivity contribution is -0.137. The van der Waals surface area contributed by atoms with Crippen LogP contribution < -0.4 is 10.0 Å². The lowest BCUT2D eigenvalue weighted by Gasteiger charge is -2.30. The van der Waals surface area contributed by atoms with Crippen LogP contribution in [0.5, 0.6) is 0 Å². The molecule has 192 valence electrons. The Morgan fingerprint density at radius 1 is 1.14 bits per heavy atom. The zero-order valence-electron chi connectivity index (χ0n) is 19.5. The number of rotatable bonds is 6. The molecule has 1 aliphatic rings. The van der Waals surface area contributed by atoms with Crippen molar-refractivity contribution >= 4 is 38.6 Å². The number of piperidine rings is 1. The molecule has 0 saturated carbocycles. The molecule has 4 rings (SSSR count). The van der Waals surface area contributed by atoms with Crippen LogP contribution in [0.4, 0.5) is 24.7 Å². The monoisotopic (exact) mass is 523 g/mol. The zero-order chi connectivity index (χ0) is 26.1. The Balaban J connectivity index is 1.81. The molecule has 13 heteroatoms. The van der Waals surface area contributed by atoms with E-state index in [1.165, 1.54) is 0 Å². The van der Waals surface area contributed by atoms with Crippen LogP contribution in [0.15, 0.2) is 42.5 Å². The van der Waals surface area contributed by atoms with Gasteiger partial charge in [-0.05, 0) is 44.6 Å². The molecule has 0 radical (unpaired) electrons. The molecule has 1 atom stereocenters. The maximum Gasteiger partial charge on any atom is 0.416 e. The first-order chi connectivity index (χ1) is 16.9. The molecule has 2 aromatic carbocycles. The third kappa shape index (κ3) is 5.85. The SMILES string of the molecule is CC(=O)OS(=O)(=O)Nc1cc(C(F)(F)F)ccc1-c1nnc(N[C@@H]2CCCN(C)C2)c2ccccc12. The molecule has 2 N–H and O–H groups in total. The number of carbonyl (C=O) groups is 1. The third-order valence-electron chi connectivity index (χ3n) is 5.72. The van der Waals surface area contributed by atoms with E-state index in [1.807, 2.05) is 11.8 Å². The number of halogens is 3. The molecule has 0 amide bonds. The normalized spacial score (nSPS) is 17.1. The van der Waals surface area contributed by atoms with Crippen LogP contribution in [0.1, 0.15) is 25.3 Å². The van der Waals surface area contributed by atoms with E-state index in [-0.39, 0.29) is 17.3 Å². The standard InChI is InChI=1S/C23H24F3N5O4S/c1-14(32)35-36(33,34)30-20-12-15(23(24,25)26)9-10-19(20)21-17-7-3-4-8-18(17)22(29-28-21)27-16-6-5-11-31(2)13-16/h3-4,7-10,12,16,30H,5-6,11,13H2,1-2H3,(H,27,29)/t16-/m1/s1. The van der Waals surface area contributed by atoms with Crippen molar-refractivity contribution in [2.75, 3.05) is 30.2 Å². The lowest BCUT2D eigenvalue weighted by Crippen LogP contribution is -2.40. The summed E-state index contributed by atoms with van der Waals surface area (Å²) in [6.07, 6.45) is -2.77. The van der Waals surface area contributed by atoms with Gasteiger partial charge in [0.05, 0.1) is 11.3 Å². The molecule has 9 nitrogen and oxygen atoms in total. The molecule has 2 heterocycles. The number of nitrogens with zero attached hydrogens (tertiary/aromatic N) is 3. The topological polar surface area (TPSA) is 114 Å². The van der Waals surface area contributed by atoms with Crippen molar-refractivity contribution < 1.29 is 30.6 Å². The summed E-state index contributed by atoms with van der Waals surface area (Å²) in [5.41, 5.74) is -1.36. The molecule has 0 bridgehead atoms. The molecular weight excluding hydrogens is 499 g/mol. The Labute approximate surface area is 205 Å². The summed E-state index contributed by atoms with van der Waals surface area (Å²) in [4.78, 5) is 13.4. The van der Waals surface area contributed by atoms with Gasteiger partial charge in [-0.25, -0.2) is 0 Å².